The number of carbonyl (C=O) groups is 1. The highest BCUT2D eigenvalue weighted by molar-refractivity contribution is 6.02. The van der Waals surface area contributed by atoms with E-state index >= 15 is 0 Å². The van der Waals surface area contributed by atoms with Crippen LogP contribution in [-0.4, -0.2) is 27.8 Å². The zero-order valence-electron chi connectivity index (χ0n) is 9.41. The molecule has 0 spiro atoms. The van der Waals surface area contributed by atoms with Gasteiger partial charge in [-0.05, 0) is 32.3 Å². The van der Waals surface area contributed by atoms with Crippen molar-refractivity contribution in [2.24, 2.45) is 7.05 Å². The molecule has 4 nitrogen and oxygen atoms in total. The van der Waals surface area contributed by atoms with Crippen molar-refractivity contribution < 1.29 is 9.53 Å². The van der Waals surface area contributed by atoms with E-state index in [0.29, 0.717) is 12.3 Å². The van der Waals surface area contributed by atoms with Gasteiger partial charge in [0.1, 0.15) is 11.3 Å². The average Bonchev–Trinajstić information content (AvgIpc) is 2.75. The van der Waals surface area contributed by atoms with Gasteiger partial charge < -0.3 is 4.74 Å². The summed E-state index contributed by atoms with van der Waals surface area (Å²) in [6.45, 7) is 4.45. The molecule has 1 aliphatic rings. The molecular weight excluding hydrogens is 192 g/mol. The summed E-state index contributed by atoms with van der Waals surface area (Å²) in [5, 5.41) is 4.08. The number of aromatic nitrogens is 2. The third-order valence-electron chi connectivity index (χ3n) is 3.04. The van der Waals surface area contributed by atoms with Crippen LogP contribution in [0, 0.1) is 6.92 Å². The zero-order valence-corrected chi connectivity index (χ0v) is 9.41. The topological polar surface area (TPSA) is 44.1 Å². The molecular formula is C11H16N2O2. The normalized spacial score (nSPS) is 25.8. The molecule has 15 heavy (non-hydrogen) atoms. The first-order valence-electron chi connectivity index (χ1n) is 5.22. The SMILES string of the molecule is Cc1cnn(C)c1C(=O)C1(C)CCCO1. The van der Waals surface area contributed by atoms with E-state index in [9.17, 15) is 4.79 Å². The van der Waals surface area contributed by atoms with Crippen molar-refractivity contribution in [3.63, 3.8) is 0 Å². The molecule has 1 fully saturated rings. The Morgan fingerprint density at radius 2 is 2.40 bits per heavy atom. The van der Waals surface area contributed by atoms with Crippen molar-refractivity contribution in [1.29, 1.82) is 0 Å². The maximum Gasteiger partial charge on any atom is 0.212 e. The van der Waals surface area contributed by atoms with Gasteiger partial charge in [-0.1, -0.05) is 0 Å². The molecule has 0 bridgehead atoms. The molecule has 82 valence electrons. The molecule has 0 saturated carbocycles. The van der Waals surface area contributed by atoms with Gasteiger partial charge in [-0.3, -0.25) is 9.48 Å². The van der Waals surface area contributed by atoms with Gasteiger partial charge >= 0.3 is 0 Å². The van der Waals surface area contributed by atoms with Crippen molar-refractivity contribution >= 4 is 5.78 Å². The Hall–Kier alpha value is -1.16. The number of ether oxygens (including phenoxy) is 1. The molecule has 1 atom stereocenters. The first kappa shape index (κ1) is 10.4. The summed E-state index contributed by atoms with van der Waals surface area (Å²) < 4.78 is 7.17. The summed E-state index contributed by atoms with van der Waals surface area (Å²) in [6.07, 6.45) is 3.47. The summed E-state index contributed by atoms with van der Waals surface area (Å²) in [7, 11) is 1.79. The maximum atomic E-state index is 12.3. The lowest BCUT2D eigenvalue weighted by atomic mass is 9.93. The Balaban J connectivity index is 2.35. The lowest BCUT2D eigenvalue weighted by Gasteiger charge is -2.21. The first-order chi connectivity index (χ1) is 7.04. The Labute approximate surface area is 89.2 Å². The van der Waals surface area contributed by atoms with Crippen LogP contribution in [0.1, 0.15) is 35.8 Å². The Morgan fingerprint density at radius 1 is 1.67 bits per heavy atom. The third-order valence-corrected chi connectivity index (χ3v) is 3.04. The molecule has 0 radical (unpaired) electrons. The van der Waals surface area contributed by atoms with Gasteiger partial charge in [0.05, 0.1) is 6.20 Å². The molecule has 0 aliphatic carbocycles. The van der Waals surface area contributed by atoms with Crippen molar-refractivity contribution in [2.45, 2.75) is 32.3 Å². The second-order valence-corrected chi connectivity index (χ2v) is 4.31. The summed E-state index contributed by atoms with van der Waals surface area (Å²) in [5.41, 5.74) is 0.942. The van der Waals surface area contributed by atoms with E-state index < -0.39 is 5.60 Å². The standard InChI is InChI=1S/C11H16N2O2/c1-8-7-12-13(3)9(8)10(14)11(2)5-4-6-15-11/h7H,4-6H2,1-3H3. The van der Waals surface area contributed by atoms with E-state index in [1.165, 1.54) is 0 Å². The minimum absolute atomic E-state index is 0.0532. The number of rotatable bonds is 2. The third kappa shape index (κ3) is 1.59. The molecule has 2 rings (SSSR count). The number of aryl methyl sites for hydroxylation is 2. The highest BCUT2D eigenvalue weighted by Gasteiger charge is 2.40. The van der Waals surface area contributed by atoms with Crippen LogP contribution in [0.3, 0.4) is 0 Å². The van der Waals surface area contributed by atoms with Crippen molar-refractivity contribution in [3.05, 3.63) is 17.5 Å². The fraction of sp³-hybridized carbons (Fsp3) is 0.636. The van der Waals surface area contributed by atoms with Crippen LogP contribution in [0.4, 0.5) is 0 Å². The fourth-order valence-electron chi connectivity index (χ4n) is 2.08. The largest absolute Gasteiger partial charge is 0.367 e. The minimum atomic E-state index is -0.640. The molecule has 0 aromatic carbocycles. The van der Waals surface area contributed by atoms with Gasteiger partial charge in [0.2, 0.25) is 5.78 Å². The van der Waals surface area contributed by atoms with E-state index in [2.05, 4.69) is 5.10 Å². The van der Waals surface area contributed by atoms with Gasteiger partial charge in [0, 0.05) is 13.7 Å². The van der Waals surface area contributed by atoms with Crippen LogP contribution >= 0.6 is 0 Å². The number of Topliss-reactive ketones (excluding diaryl/α,β-unsaturated/α-hetero) is 1. The van der Waals surface area contributed by atoms with E-state index in [1.54, 1.807) is 17.9 Å². The highest BCUT2D eigenvalue weighted by atomic mass is 16.5. The van der Waals surface area contributed by atoms with Crippen LogP contribution in [0.5, 0.6) is 0 Å². The molecule has 0 N–H and O–H groups in total. The summed E-state index contributed by atoms with van der Waals surface area (Å²) in [5.74, 6) is 0.0532. The smallest absolute Gasteiger partial charge is 0.212 e. The number of carbonyl (C=O) groups excluding carboxylic acids is 1. The molecule has 1 saturated heterocycles. The van der Waals surface area contributed by atoms with Crippen LogP contribution in [0.25, 0.3) is 0 Å². The van der Waals surface area contributed by atoms with E-state index in [-0.39, 0.29) is 5.78 Å². The lowest BCUT2D eigenvalue weighted by Crippen LogP contribution is -2.36. The minimum Gasteiger partial charge on any atom is -0.367 e. The predicted molar refractivity (Wildman–Crippen MR) is 55.9 cm³/mol. The van der Waals surface area contributed by atoms with E-state index in [1.807, 2.05) is 13.8 Å². The zero-order chi connectivity index (χ0) is 11.1. The van der Waals surface area contributed by atoms with Gasteiger partial charge in [0.25, 0.3) is 0 Å². The van der Waals surface area contributed by atoms with Crippen molar-refractivity contribution in [1.82, 2.24) is 9.78 Å². The van der Waals surface area contributed by atoms with E-state index in [4.69, 9.17) is 4.74 Å². The first-order valence-corrected chi connectivity index (χ1v) is 5.22. The van der Waals surface area contributed by atoms with Crippen LogP contribution in [0.15, 0.2) is 6.20 Å². The Kier molecular flexibility index (Phi) is 2.38. The van der Waals surface area contributed by atoms with Crippen LogP contribution in [0.2, 0.25) is 0 Å². The van der Waals surface area contributed by atoms with E-state index in [0.717, 1.165) is 18.4 Å². The van der Waals surface area contributed by atoms with Gasteiger partial charge in [-0.25, -0.2) is 0 Å². The number of nitrogens with zero attached hydrogens (tertiary/aromatic N) is 2. The summed E-state index contributed by atoms with van der Waals surface area (Å²) >= 11 is 0. The lowest BCUT2D eigenvalue weighted by molar-refractivity contribution is 0.0204. The number of ketones is 1. The molecule has 1 aromatic heterocycles. The molecule has 0 amide bonds. The molecule has 2 heterocycles. The average molecular weight is 208 g/mol. The fourth-order valence-corrected chi connectivity index (χ4v) is 2.08. The Morgan fingerprint density at radius 3 is 2.87 bits per heavy atom. The second-order valence-electron chi connectivity index (χ2n) is 4.31. The number of hydrogen-bond donors (Lipinski definition) is 0. The predicted octanol–water partition coefficient (Wildman–Crippen LogP) is 1.48. The number of hydrogen-bond acceptors (Lipinski definition) is 3. The highest BCUT2D eigenvalue weighted by Crippen LogP contribution is 2.29. The Bertz CT molecular complexity index is 370. The second kappa shape index (κ2) is 3.45. The molecule has 4 heteroatoms. The maximum absolute atomic E-state index is 12.3. The van der Waals surface area contributed by atoms with Gasteiger partial charge in [-0.15, -0.1) is 0 Å². The van der Waals surface area contributed by atoms with Crippen molar-refractivity contribution in [3.8, 4) is 0 Å². The molecule has 1 unspecified atom stereocenters. The van der Waals surface area contributed by atoms with Crippen LogP contribution in [-0.2, 0) is 11.8 Å². The quantitative estimate of drug-likeness (QED) is 0.691. The van der Waals surface area contributed by atoms with Gasteiger partial charge in [-0.2, -0.15) is 5.10 Å². The molecule has 1 aliphatic heterocycles. The van der Waals surface area contributed by atoms with Crippen molar-refractivity contribution in [2.75, 3.05) is 6.61 Å². The summed E-state index contributed by atoms with van der Waals surface area (Å²) in [4.78, 5) is 12.3. The van der Waals surface area contributed by atoms with Crippen LogP contribution < -0.4 is 0 Å². The monoisotopic (exact) mass is 208 g/mol. The summed E-state index contributed by atoms with van der Waals surface area (Å²) in [6, 6.07) is 0. The van der Waals surface area contributed by atoms with Gasteiger partial charge in [0.15, 0.2) is 0 Å². The molecule has 1 aromatic rings.